The van der Waals surface area contributed by atoms with E-state index in [0.717, 1.165) is 11.1 Å². The predicted molar refractivity (Wildman–Crippen MR) is 164 cm³/mol. The van der Waals surface area contributed by atoms with Crippen molar-refractivity contribution in [1.82, 2.24) is 18.8 Å². The molecule has 44 heavy (non-hydrogen) atoms. The van der Waals surface area contributed by atoms with Crippen molar-refractivity contribution in [2.45, 2.75) is 32.4 Å². The first-order chi connectivity index (χ1) is 21.3. The number of pyridine rings is 2. The molecule has 15 heteroatoms. The molecule has 2 fully saturated rings. The minimum Gasteiger partial charge on any atom is -0.491 e. The van der Waals surface area contributed by atoms with Crippen molar-refractivity contribution in [3.05, 3.63) is 57.3 Å². The standard InChI is InChI=1S/C29H39N7O7S/c1-21-17-36(44(38,39)14-13-41-12-11-40-10-7-32-33-30)9-8-35(21)18-23-15-25-28(43-23)26(19-34(2)29(25)37)24-5-6-31-16-27(24)42-20-22-3-4-22/h5-6,15-16,19,21-22H,3-4,7-14,17-18,20H2,1-2H3/t21-/m1/s1. The lowest BCUT2D eigenvalue weighted by Crippen LogP contribution is -2.53. The maximum Gasteiger partial charge on any atom is 0.261 e. The number of rotatable bonds is 16. The summed E-state index contributed by atoms with van der Waals surface area (Å²) in [5.74, 6) is 1.76. The zero-order chi connectivity index (χ0) is 31.1. The van der Waals surface area contributed by atoms with Gasteiger partial charge in [-0.25, -0.2) is 8.42 Å². The fourth-order valence-corrected chi connectivity index (χ4v) is 6.59. The lowest BCUT2D eigenvalue weighted by atomic mass is 10.1. The first-order valence-corrected chi connectivity index (χ1v) is 16.4. The SMILES string of the molecule is C[C@@H]1CN(S(=O)(=O)CCOCCOCCN=[N+]=[N-])CCN1Cc1cc2c(=O)n(C)cc(-c3ccncc3OCC3CC3)c2o1. The maximum atomic E-state index is 13.1. The van der Waals surface area contributed by atoms with Crippen LogP contribution in [0.3, 0.4) is 0 Å². The molecule has 0 spiro atoms. The van der Waals surface area contributed by atoms with Gasteiger partial charge in [0.25, 0.3) is 5.56 Å². The van der Waals surface area contributed by atoms with Gasteiger partial charge in [0.05, 0.1) is 56.9 Å². The van der Waals surface area contributed by atoms with E-state index in [0.29, 0.717) is 74.4 Å². The van der Waals surface area contributed by atoms with Crippen LogP contribution in [0.2, 0.25) is 0 Å². The van der Waals surface area contributed by atoms with Crippen LogP contribution in [0, 0.1) is 5.92 Å². The molecule has 1 saturated carbocycles. The number of hydrogen-bond donors (Lipinski definition) is 0. The van der Waals surface area contributed by atoms with Gasteiger partial charge >= 0.3 is 0 Å². The molecular formula is C29H39N7O7S. The summed E-state index contributed by atoms with van der Waals surface area (Å²) in [6, 6.07) is 3.60. The molecule has 238 valence electrons. The molecule has 3 aromatic heterocycles. The van der Waals surface area contributed by atoms with Gasteiger partial charge in [0.15, 0.2) is 0 Å². The highest BCUT2D eigenvalue weighted by Gasteiger charge is 2.32. The third kappa shape index (κ3) is 7.97. The van der Waals surface area contributed by atoms with E-state index in [1.807, 2.05) is 13.0 Å². The van der Waals surface area contributed by atoms with Crippen molar-refractivity contribution in [2.24, 2.45) is 18.1 Å². The summed E-state index contributed by atoms with van der Waals surface area (Å²) in [5, 5.41) is 3.86. The van der Waals surface area contributed by atoms with Gasteiger partial charge < -0.3 is 23.2 Å². The zero-order valence-corrected chi connectivity index (χ0v) is 25.9. The molecule has 4 heterocycles. The molecule has 0 N–H and O–H groups in total. The van der Waals surface area contributed by atoms with Gasteiger partial charge in [-0.3, -0.25) is 14.7 Å². The minimum atomic E-state index is -3.49. The van der Waals surface area contributed by atoms with Crippen LogP contribution in [0.25, 0.3) is 32.5 Å². The molecule has 2 aliphatic rings. The third-order valence-corrected chi connectivity index (χ3v) is 9.69. The van der Waals surface area contributed by atoms with Crippen molar-refractivity contribution in [3.63, 3.8) is 0 Å². The number of fused-ring (bicyclic) bond motifs is 1. The lowest BCUT2D eigenvalue weighted by molar-refractivity contribution is 0.0561. The summed E-state index contributed by atoms with van der Waals surface area (Å²) in [5.41, 5.74) is 10.2. The second kappa shape index (κ2) is 14.5. The van der Waals surface area contributed by atoms with E-state index in [9.17, 15) is 13.2 Å². The molecule has 0 amide bonds. The molecule has 0 unspecified atom stereocenters. The Labute approximate surface area is 256 Å². The van der Waals surface area contributed by atoms with Crippen molar-refractivity contribution < 1.29 is 27.0 Å². The Morgan fingerprint density at radius 1 is 1.16 bits per heavy atom. The number of aromatic nitrogens is 2. The fourth-order valence-electron chi connectivity index (χ4n) is 5.20. The first-order valence-electron chi connectivity index (χ1n) is 14.8. The van der Waals surface area contributed by atoms with Gasteiger partial charge in [-0.05, 0) is 43.3 Å². The number of nitrogens with zero attached hydrogens (tertiary/aromatic N) is 7. The molecule has 1 saturated heterocycles. The van der Waals surface area contributed by atoms with Crippen LogP contribution in [-0.4, -0.2) is 98.2 Å². The average molecular weight is 630 g/mol. The second-order valence-electron chi connectivity index (χ2n) is 11.2. The summed E-state index contributed by atoms with van der Waals surface area (Å²) in [4.78, 5) is 22.1. The number of piperazine rings is 1. The maximum absolute atomic E-state index is 13.1. The highest BCUT2D eigenvalue weighted by atomic mass is 32.2. The summed E-state index contributed by atoms with van der Waals surface area (Å²) < 4.78 is 52.1. The molecule has 0 aromatic carbocycles. The van der Waals surface area contributed by atoms with Gasteiger partial charge in [-0.15, -0.1) is 0 Å². The summed E-state index contributed by atoms with van der Waals surface area (Å²) >= 11 is 0. The Bertz CT molecular complexity index is 1650. The molecule has 0 bridgehead atoms. The molecule has 1 atom stereocenters. The van der Waals surface area contributed by atoms with E-state index >= 15 is 0 Å². The van der Waals surface area contributed by atoms with Gasteiger partial charge in [0.2, 0.25) is 10.0 Å². The topological polar surface area (TPSA) is 165 Å². The number of azide groups is 1. The van der Waals surface area contributed by atoms with Crippen LogP contribution in [0.4, 0.5) is 0 Å². The molecular weight excluding hydrogens is 590 g/mol. The van der Waals surface area contributed by atoms with E-state index in [1.54, 1.807) is 36.3 Å². The van der Waals surface area contributed by atoms with E-state index in [1.165, 1.54) is 17.1 Å². The number of ether oxygens (including phenoxy) is 3. The highest BCUT2D eigenvalue weighted by molar-refractivity contribution is 7.89. The van der Waals surface area contributed by atoms with Crippen molar-refractivity contribution in [3.8, 4) is 16.9 Å². The van der Waals surface area contributed by atoms with E-state index in [-0.39, 0.29) is 37.1 Å². The number of sulfonamides is 1. The predicted octanol–water partition coefficient (Wildman–Crippen LogP) is 3.16. The molecule has 14 nitrogen and oxygen atoms in total. The Balaban J connectivity index is 1.20. The molecule has 3 aromatic rings. The molecule has 0 radical (unpaired) electrons. The van der Waals surface area contributed by atoms with Crippen LogP contribution in [-0.2, 0) is 33.1 Å². The van der Waals surface area contributed by atoms with Gasteiger partial charge in [0.1, 0.15) is 17.1 Å². The Kier molecular flexibility index (Phi) is 10.6. The van der Waals surface area contributed by atoms with E-state index < -0.39 is 10.0 Å². The number of aryl methyl sites for hydroxylation is 1. The van der Waals surface area contributed by atoms with Crippen LogP contribution < -0.4 is 10.3 Å². The first kappa shape index (κ1) is 31.9. The quantitative estimate of drug-likeness (QED) is 0.100. The number of hydrogen-bond acceptors (Lipinski definition) is 10. The van der Waals surface area contributed by atoms with E-state index in [2.05, 4.69) is 19.9 Å². The Morgan fingerprint density at radius 3 is 2.70 bits per heavy atom. The second-order valence-corrected chi connectivity index (χ2v) is 13.3. The van der Waals surface area contributed by atoms with Crippen LogP contribution in [0.5, 0.6) is 5.75 Å². The highest BCUT2D eigenvalue weighted by Crippen LogP contribution is 2.37. The minimum absolute atomic E-state index is 0.0672. The van der Waals surface area contributed by atoms with Crippen molar-refractivity contribution in [1.29, 1.82) is 0 Å². The van der Waals surface area contributed by atoms with Gasteiger partial charge in [-0.2, -0.15) is 4.31 Å². The molecule has 5 rings (SSSR count). The van der Waals surface area contributed by atoms with Gasteiger partial charge in [0, 0.05) is 67.7 Å². The summed E-state index contributed by atoms with van der Waals surface area (Å²) in [6.45, 7) is 5.43. The summed E-state index contributed by atoms with van der Waals surface area (Å²) in [7, 11) is -1.77. The lowest BCUT2D eigenvalue weighted by Gasteiger charge is -2.38. The fraction of sp³-hybridized carbons (Fsp3) is 0.586. The largest absolute Gasteiger partial charge is 0.491 e. The monoisotopic (exact) mass is 629 g/mol. The van der Waals surface area contributed by atoms with Crippen LogP contribution >= 0.6 is 0 Å². The van der Waals surface area contributed by atoms with Gasteiger partial charge in [-0.1, -0.05) is 5.11 Å². The van der Waals surface area contributed by atoms with E-state index in [4.69, 9.17) is 24.2 Å². The third-order valence-electron chi connectivity index (χ3n) is 7.88. The van der Waals surface area contributed by atoms with Crippen LogP contribution in [0.1, 0.15) is 25.5 Å². The zero-order valence-electron chi connectivity index (χ0n) is 25.1. The average Bonchev–Trinajstić information content (AvgIpc) is 3.75. The Hall–Kier alpha value is -3.46. The van der Waals surface area contributed by atoms with Crippen molar-refractivity contribution >= 4 is 21.0 Å². The molecule has 1 aliphatic heterocycles. The summed E-state index contributed by atoms with van der Waals surface area (Å²) in [6.07, 6.45) is 7.52. The smallest absolute Gasteiger partial charge is 0.261 e. The number of furan rings is 1. The van der Waals surface area contributed by atoms with Crippen molar-refractivity contribution in [2.75, 3.05) is 65.0 Å². The normalized spacial score (nSPS) is 18.0. The molecule has 1 aliphatic carbocycles. The van der Waals surface area contributed by atoms with Crippen LogP contribution in [0.15, 0.2) is 45.0 Å². The Morgan fingerprint density at radius 2 is 1.95 bits per heavy atom.